The summed E-state index contributed by atoms with van der Waals surface area (Å²) >= 11 is 10.6. The van der Waals surface area contributed by atoms with E-state index in [1.165, 1.54) is 0 Å². The van der Waals surface area contributed by atoms with E-state index >= 15 is 0 Å². The quantitative estimate of drug-likeness (QED) is 0.282. The topological polar surface area (TPSA) is 0 Å². The first-order valence-corrected chi connectivity index (χ1v) is 10.0. The smallest absolute Gasteiger partial charge is 0.199 e. The molecule has 0 nitrogen and oxygen atoms in total. The van der Waals surface area contributed by atoms with Gasteiger partial charge in [0.1, 0.15) is 0 Å². The van der Waals surface area contributed by atoms with Crippen molar-refractivity contribution in [2.24, 2.45) is 5.92 Å². The fraction of sp³-hybridized carbons (Fsp3) is 1.00. The molecule has 0 rings (SSSR count). The van der Waals surface area contributed by atoms with E-state index in [4.69, 9.17) is 22.2 Å². The molecule has 0 amide bonds. The Balaban J connectivity index is 5.35. The van der Waals surface area contributed by atoms with Crippen molar-refractivity contribution in [2.45, 2.75) is 49.5 Å². The van der Waals surface area contributed by atoms with Gasteiger partial charge in [0.2, 0.25) is 7.42 Å². The SMILES string of the molecule is FC(F)(F)CCC(CC[SiH](Cl)Cl)C(F)(F)C(F)(F)C(F)(F)F. The van der Waals surface area contributed by atoms with E-state index in [2.05, 4.69) is 0 Å². The summed E-state index contributed by atoms with van der Waals surface area (Å²) in [5.74, 6) is -15.0. The van der Waals surface area contributed by atoms with Crippen LogP contribution in [0.25, 0.3) is 0 Å². The van der Waals surface area contributed by atoms with E-state index in [-0.39, 0.29) is 0 Å². The maximum atomic E-state index is 13.5. The molecule has 0 aromatic heterocycles. The van der Waals surface area contributed by atoms with Crippen molar-refractivity contribution in [1.29, 1.82) is 0 Å². The van der Waals surface area contributed by atoms with Crippen LogP contribution in [0.5, 0.6) is 0 Å². The number of hydrogen-bond donors (Lipinski definition) is 0. The summed E-state index contributed by atoms with van der Waals surface area (Å²) in [6.07, 6.45) is -16.1. The average molecular weight is 407 g/mol. The van der Waals surface area contributed by atoms with E-state index in [0.717, 1.165) is 0 Å². The molecule has 0 N–H and O–H groups in total. The van der Waals surface area contributed by atoms with Crippen LogP contribution in [0.4, 0.5) is 43.9 Å². The molecule has 0 spiro atoms. The molecular formula is C9H10Cl2F10Si. The summed E-state index contributed by atoms with van der Waals surface area (Å²) in [6, 6.07) is -0.519. The Morgan fingerprint density at radius 2 is 1.23 bits per heavy atom. The molecule has 0 aromatic carbocycles. The van der Waals surface area contributed by atoms with Crippen LogP contribution in [0, 0.1) is 5.92 Å². The normalized spacial score (nSPS) is 16.2. The van der Waals surface area contributed by atoms with Crippen molar-refractivity contribution < 1.29 is 43.9 Å². The molecule has 0 fully saturated rings. The van der Waals surface area contributed by atoms with Gasteiger partial charge in [-0.3, -0.25) is 0 Å². The van der Waals surface area contributed by atoms with Gasteiger partial charge in [0.25, 0.3) is 0 Å². The van der Waals surface area contributed by atoms with Crippen molar-refractivity contribution in [1.82, 2.24) is 0 Å². The molecular weight excluding hydrogens is 397 g/mol. The lowest BCUT2D eigenvalue weighted by atomic mass is 9.88. The molecule has 0 saturated carbocycles. The van der Waals surface area contributed by atoms with Gasteiger partial charge in [-0.1, -0.05) is 0 Å². The number of hydrogen-bond acceptors (Lipinski definition) is 0. The Bertz CT molecular complexity index is 351. The Morgan fingerprint density at radius 1 is 0.773 bits per heavy atom. The predicted molar refractivity (Wildman–Crippen MR) is 63.0 cm³/mol. The third kappa shape index (κ3) is 5.95. The summed E-state index contributed by atoms with van der Waals surface area (Å²) in [5.41, 5.74) is 0. The first-order valence-electron chi connectivity index (χ1n) is 5.69. The van der Waals surface area contributed by atoms with Gasteiger partial charge < -0.3 is 0 Å². The van der Waals surface area contributed by atoms with Crippen LogP contribution in [0.2, 0.25) is 6.04 Å². The van der Waals surface area contributed by atoms with Crippen LogP contribution in [-0.2, 0) is 0 Å². The minimum atomic E-state index is -6.59. The van der Waals surface area contributed by atoms with Crippen LogP contribution in [0.15, 0.2) is 0 Å². The van der Waals surface area contributed by atoms with Crippen LogP contribution < -0.4 is 0 Å². The average Bonchev–Trinajstić information content (AvgIpc) is 2.24. The molecule has 0 aromatic rings. The minimum absolute atomic E-state index is 0.519. The molecule has 0 bridgehead atoms. The van der Waals surface area contributed by atoms with Gasteiger partial charge in [-0.25, -0.2) is 0 Å². The lowest BCUT2D eigenvalue weighted by Crippen LogP contribution is -2.55. The highest BCUT2D eigenvalue weighted by atomic mass is 35.7. The summed E-state index contributed by atoms with van der Waals surface area (Å²) in [7, 11) is -2.66. The van der Waals surface area contributed by atoms with E-state index in [9.17, 15) is 43.9 Å². The second-order valence-corrected chi connectivity index (χ2v) is 9.70. The molecule has 0 aliphatic rings. The van der Waals surface area contributed by atoms with Gasteiger partial charge in [0.05, 0.1) is 0 Å². The van der Waals surface area contributed by atoms with E-state index in [0.29, 0.717) is 0 Å². The summed E-state index contributed by atoms with van der Waals surface area (Å²) < 4.78 is 125. The molecule has 0 saturated heterocycles. The van der Waals surface area contributed by atoms with Crippen LogP contribution in [0.1, 0.15) is 19.3 Å². The molecule has 0 heterocycles. The Hall–Kier alpha value is 0.0969. The summed E-state index contributed by atoms with van der Waals surface area (Å²) in [6.45, 7) is 0. The molecule has 22 heavy (non-hydrogen) atoms. The van der Waals surface area contributed by atoms with Crippen molar-refractivity contribution in [2.75, 3.05) is 0 Å². The zero-order valence-corrected chi connectivity index (χ0v) is 13.2. The van der Waals surface area contributed by atoms with Crippen LogP contribution in [0.3, 0.4) is 0 Å². The number of rotatable bonds is 7. The monoisotopic (exact) mass is 406 g/mol. The molecule has 134 valence electrons. The van der Waals surface area contributed by atoms with E-state index in [1.54, 1.807) is 0 Å². The van der Waals surface area contributed by atoms with E-state index in [1.807, 2.05) is 0 Å². The third-order valence-corrected chi connectivity index (χ3v) is 4.88. The Morgan fingerprint density at radius 3 is 1.55 bits per heavy atom. The minimum Gasteiger partial charge on any atom is -0.199 e. The van der Waals surface area contributed by atoms with E-state index < -0.39 is 62.8 Å². The lowest BCUT2D eigenvalue weighted by Gasteiger charge is -2.34. The predicted octanol–water partition coefficient (Wildman–Crippen LogP) is 5.87. The highest BCUT2D eigenvalue weighted by Crippen LogP contribution is 2.52. The summed E-state index contributed by atoms with van der Waals surface area (Å²) in [4.78, 5) is 0. The molecule has 0 radical (unpaired) electrons. The van der Waals surface area contributed by atoms with Gasteiger partial charge in [0, 0.05) is 12.3 Å². The van der Waals surface area contributed by atoms with Gasteiger partial charge in [-0.2, -0.15) is 66.1 Å². The second kappa shape index (κ2) is 7.33. The number of halogens is 12. The molecule has 0 aliphatic heterocycles. The fourth-order valence-electron chi connectivity index (χ4n) is 1.62. The van der Waals surface area contributed by atoms with Crippen LogP contribution in [-0.4, -0.2) is 31.6 Å². The third-order valence-electron chi connectivity index (χ3n) is 2.80. The summed E-state index contributed by atoms with van der Waals surface area (Å²) in [5, 5.41) is 0. The Labute approximate surface area is 129 Å². The Kier molecular flexibility index (Phi) is 7.36. The zero-order valence-electron chi connectivity index (χ0n) is 10.5. The highest BCUT2D eigenvalue weighted by Gasteiger charge is 2.74. The highest BCUT2D eigenvalue weighted by molar-refractivity contribution is 7.33. The fourth-order valence-corrected chi connectivity index (χ4v) is 3.03. The standard InChI is InChI=1S/C9H10Cl2F10Si/c10-22(11)4-2-5(1-3-6(12,13)14)7(15,16)8(17,18)9(19,20)21/h5,22H,1-4H2. The molecule has 1 atom stereocenters. The van der Waals surface area contributed by atoms with Crippen molar-refractivity contribution in [3.8, 4) is 0 Å². The maximum Gasteiger partial charge on any atom is 0.459 e. The first-order chi connectivity index (χ1) is 9.52. The van der Waals surface area contributed by atoms with Gasteiger partial charge in [0.15, 0.2) is 0 Å². The van der Waals surface area contributed by atoms with Crippen molar-refractivity contribution in [3.63, 3.8) is 0 Å². The molecule has 1 unspecified atom stereocenters. The molecule has 13 heteroatoms. The van der Waals surface area contributed by atoms with Gasteiger partial charge >= 0.3 is 24.2 Å². The first kappa shape index (κ1) is 22.1. The number of alkyl halides is 10. The van der Waals surface area contributed by atoms with Crippen molar-refractivity contribution >= 4 is 29.6 Å². The lowest BCUT2D eigenvalue weighted by molar-refractivity contribution is -0.367. The zero-order chi connectivity index (χ0) is 18.0. The maximum absolute atomic E-state index is 13.5. The largest absolute Gasteiger partial charge is 0.459 e. The van der Waals surface area contributed by atoms with Crippen LogP contribution >= 0.6 is 22.2 Å². The molecule has 0 aliphatic carbocycles. The van der Waals surface area contributed by atoms with Gasteiger partial charge in [-0.05, 0) is 18.9 Å². The second-order valence-electron chi connectivity index (χ2n) is 4.51. The van der Waals surface area contributed by atoms with Crippen molar-refractivity contribution in [3.05, 3.63) is 0 Å². The van der Waals surface area contributed by atoms with Gasteiger partial charge in [-0.15, -0.1) is 0 Å².